The van der Waals surface area contributed by atoms with Crippen molar-refractivity contribution in [3.8, 4) is 5.69 Å². The maximum atomic E-state index is 13.8. The summed E-state index contributed by atoms with van der Waals surface area (Å²) in [6, 6.07) is 21.0. The molecule has 0 radical (unpaired) electrons. The van der Waals surface area contributed by atoms with E-state index in [1.54, 1.807) is 67.2 Å². The van der Waals surface area contributed by atoms with Gasteiger partial charge in [-0.1, -0.05) is 48.0 Å². The highest BCUT2D eigenvalue weighted by atomic mass is 16.4. The first kappa shape index (κ1) is 23.4. The molecule has 0 unspecified atom stereocenters. The van der Waals surface area contributed by atoms with Gasteiger partial charge in [0.05, 0.1) is 22.5 Å². The van der Waals surface area contributed by atoms with Crippen LogP contribution in [0.5, 0.6) is 0 Å². The summed E-state index contributed by atoms with van der Waals surface area (Å²) >= 11 is 0. The minimum Gasteiger partial charge on any atom is -0.478 e. The Morgan fingerprint density at radius 3 is 1.94 bits per heavy atom. The van der Waals surface area contributed by atoms with Crippen molar-refractivity contribution in [3.63, 3.8) is 0 Å². The van der Waals surface area contributed by atoms with E-state index in [1.165, 1.54) is 28.9 Å². The normalized spacial score (nSPS) is 10.7. The summed E-state index contributed by atoms with van der Waals surface area (Å²) < 4.78 is 2.91. The summed E-state index contributed by atoms with van der Waals surface area (Å²) in [6.07, 6.45) is 0. The molecule has 3 aromatic carbocycles. The number of carbonyl (C=O) groups is 3. The second kappa shape index (κ2) is 9.26. The van der Waals surface area contributed by atoms with Gasteiger partial charge in [0.25, 0.3) is 17.4 Å². The predicted octanol–water partition coefficient (Wildman–Crippen LogP) is 3.98. The van der Waals surface area contributed by atoms with E-state index in [2.05, 4.69) is 0 Å². The van der Waals surface area contributed by atoms with Crippen LogP contribution in [0.4, 0.5) is 5.69 Å². The van der Waals surface area contributed by atoms with Crippen molar-refractivity contribution in [2.75, 3.05) is 4.90 Å². The van der Waals surface area contributed by atoms with Gasteiger partial charge in [-0.3, -0.25) is 19.1 Å². The number of nitrogens with zero attached hydrogens (tertiary/aromatic N) is 3. The number of amides is 2. The summed E-state index contributed by atoms with van der Waals surface area (Å²) in [7, 11) is 1.65. The Kier molecular flexibility index (Phi) is 6.20. The van der Waals surface area contributed by atoms with Crippen LogP contribution >= 0.6 is 0 Å². The zero-order chi connectivity index (χ0) is 25.3. The first-order chi connectivity index (χ1) is 16.7. The molecule has 1 N–H and O–H groups in total. The average Bonchev–Trinajstić information content (AvgIpc) is 3.08. The number of aromatic nitrogens is 2. The molecular formula is C27H23N3O5. The minimum absolute atomic E-state index is 0.146. The van der Waals surface area contributed by atoms with Crippen molar-refractivity contribution in [1.29, 1.82) is 0 Å². The molecule has 4 aromatic rings. The van der Waals surface area contributed by atoms with Crippen LogP contribution in [0.15, 0.2) is 83.7 Å². The van der Waals surface area contributed by atoms with Gasteiger partial charge in [0, 0.05) is 12.6 Å². The monoisotopic (exact) mass is 469 g/mol. The number of para-hydroxylation sites is 1. The fourth-order valence-corrected chi connectivity index (χ4v) is 3.91. The van der Waals surface area contributed by atoms with Crippen molar-refractivity contribution in [2.24, 2.45) is 7.05 Å². The molecule has 0 bridgehead atoms. The summed E-state index contributed by atoms with van der Waals surface area (Å²) in [5.74, 6) is -2.95. The predicted molar refractivity (Wildman–Crippen MR) is 131 cm³/mol. The fourth-order valence-electron chi connectivity index (χ4n) is 3.91. The van der Waals surface area contributed by atoms with Gasteiger partial charge in [-0.25, -0.2) is 14.4 Å². The molecule has 0 aliphatic rings. The van der Waals surface area contributed by atoms with E-state index in [9.17, 15) is 24.3 Å². The maximum absolute atomic E-state index is 13.8. The quantitative estimate of drug-likeness (QED) is 0.446. The molecular weight excluding hydrogens is 446 g/mol. The van der Waals surface area contributed by atoms with Gasteiger partial charge in [-0.2, -0.15) is 0 Å². The largest absolute Gasteiger partial charge is 0.478 e. The lowest BCUT2D eigenvalue weighted by atomic mass is 10.0. The van der Waals surface area contributed by atoms with Crippen molar-refractivity contribution in [2.45, 2.75) is 13.8 Å². The number of carbonyl (C=O) groups excluding carboxylic acids is 2. The summed E-state index contributed by atoms with van der Waals surface area (Å²) in [6.45, 7) is 3.49. The number of benzene rings is 3. The Bertz CT molecular complexity index is 1500. The van der Waals surface area contributed by atoms with Crippen LogP contribution in [0, 0.1) is 13.8 Å². The fraction of sp³-hybridized carbons (Fsp3) is 0.111. The number of rotatable bonds is 5. The van der Waals surface area contributed by atoms with Crippen LogP contribution in [0.25, 0.3) is 5.69 Å². The van der Waals surface area contributed by atoms with E-state index in [0.29, 0.717) is 11.4 Å². The number of carboxylic acids is 1. The first-order valence-corrected chi connectivity index (χ1v) is 10.8. The topological polar surface area (TPSA) is 102 Å². The smallest absolute Gasteiger partial charge is 0.336 e. The Morgan fingerprint density at radius 1 is 0.771 bits per heavy atom. The van der Waals surface area contributed by atoms with Gasteiger partial charge in [-0.05, 0) is 50.2 Å². The van der Waals surface area contributed by atoms with E-state index in [-0.39, 0.29) is 22.4 Å². The highest BCUT2D eigenvalue weighted by Crippen LogP contribution is 2.24. The molecule has 35 heavy (non-hydrogen) atoms. The molecule has 1 aromatic heterocycles. The number of aryl methyl sites for hydroxylation is 1. The zero-order valence-electron chi connectivity index (χ0n) is 19.4. The molecule has 8 heteroatoms. The second-order valence-electron chi connectivity index (χ2n) is 8.07. The summed E-state index contributed by atoms with van der Waals surface area (Å²) in [5.41, 5.74) is 0.815. The third kappa shape index (κ3) is 4.17. The van der Waals surface area contributed by atoms with E-state index in [1.807, 2.05) is 13.0 Å². The van der Waals surface area contributed by atoms with E-state index < -0.39 is 23.3 Å². The number of hydrogen-bond acceptors (Lipinski definition) is 4. The molecule has 0 saturated heterocycles. The maximum Gasteiger partial charge on any atom is 0.336 e. The molecule has 0 spiro atoms. The third-order valence-corrected chi connectivity index (χ3v) is 5.84. The highest BCUT2D eigenvalue weighted by molar-refractivity contribution is 6.27. The van der Waals surface area contributed by atoms with E-state index in [4.69, 9.17) is 0 Å². The molecule has 2 amide bonds. The number of aromatic carboxylic acids is 1. The minimum atomic E-state index is -1.32. The van der Waals surface area contributed by atoms with Crippen molar-refractivity contribution < 1.29 is 19.5 Å². The molecule has 0 saturated carbocycles. The molecule has 8 nitrogen and oxygen atoms in total. The Morgan fingerprint density at radius 2 is 1.34 bits per heavy atom. The van der Waals surface area contributed by atoms with Gasteiger partial charge in [0.2, 0.25) is 0 Å². The van der Waals surface area contributed by atoms with Crippen molar-refractivity contribution >= 4 is 23.5 Å². The second-order valence-corrected chi connectivity index (χ2v) is 8.07. The zero-order valence-corrected chi connectivity index (χ0v) is 19.4. The summed E-state index contributed by atoms with van der Waals surface area (Å²) in [4.78, 5) is 53.8. The van der Waals surface area contributed by atoms with Crippen LogP contribution in [0.2, 0.25) is 0 Å². The highest BCUT2D eigenvalue weighted by Gasteiger charge is 2.34. The first-order valence-electron chi connectivity index (χ1n) is 10.8. The standard InChI is InChI=1S/C27H23N3O5/c1-17-13-15-19(16-14-17)24(31)29(25(32)21-11-7-8-12-22(21)27(34)35)23-18(2)28(3)30(26(23)33)20-9-5-4-6-10-20/h4-16H,1-3H3,(H,34,35). The van der Waals surface area contributed by atoms with Gasteiger partial charge < -0.3 is 5.11 Å². The van der Waals surface area contributed by atoms with E-state index in [0.717, 1.165) is 10.5 Å². The Labute approximate surface area is 201 Å². The van der Waals surface area contributed by atoms with Crippen LogP contribution in [-0.4, -0.2) is 32.3 Å². The van der Waals surface area contributed by atoms with E-state index >= 15 is 0 Å². The molecule has 0 atom stereocenters. The van der Waals surface area contributed by atoms with Crippen LogP contribution in [0.3, 0.4) is 0 Å². The van der Waals surface area contributed by atoms with Crippen LogP contribution in [0.1, 0.15) is 42.3 Å². The molecule has 176 valence electrons. The van der Waals surface area contributed by atoms with Gasteiger partial charge in [0.1, 0.15) is 5.69 Å². The molecule has 0 aliphatic heterocycles. The average molecular weight is 469 g/mol. The lowest BCUT2D eigenvalue weighted by molar-refractivity contribution is 0.0690. The van der Waals surface area contributed by atoms with Gasteiger partial charge in [-0.15, -0.1) is 0 Å². The molecule has 0 aliphatic carbocycles. The Balaban J connectivity index is 1.97. The van der Waals surface area contributed by atoms with Crippen molar-refractivity contribution in [3.05, 3.63) is 117 Å². The van der Waals surface area contributed by atoms with Crippen LogP contribution in [-0.2, 0) is 7.05 Å². The van der Waals surface area contributed by atoms with Gasteiger partial charge in [0.15, 0.2) is 0 Å². The lowest BCUT2D eigenvalue weighted by Crippen LogP contribution is -2.41. The molecule has 4 rings (SSSR count). The van der Waals surface area contributed by atoms with Gasteiger partial charge >= 0.3 is 5.97 Å². The van der Waals surface area contributed by atoms with Crippen LogP contribution < -0.4 is 10.5 Å². The number of carboxylic acid groups (broad SMARTS) is 1. The molecule has 0 fully saturated rings. The number of hydrogen-bond donors (Lipinski definition) is 1. The third-order valence-electron chi connectivity index (χ3n) is 5.84. The lowest BCUT2D eigenvalue weighted by Gasteiger charge is -2.21. The summed E-state index contributed by atoms with van der Waals surface area (Å²) in [5, 5.41) is 9.63. The molecule has 1 heterocycles. The number of anilines is 1. The SMILES string of the molecule is Cc1ccc(C(=O)N(C(=O)c2ccccc2C(=O)O)c2c(C)n(C)n(-c3ccccc3)c2=O)cc1. The van der Waals surface area contributed by atoms with Crippen molar-refractivity contribution in [1.82, 2.24) is 9.36 Å². The Hall–Kier alpha value is -4.72. The number of imide groups is 1.